The summed E-state index contributed by atoms with van der Waals surface area (Å²) in [6, 6.07) is 7.66. The Morgan fingerprint density at radius 1 is 1.25 bits per heavy atom. The summed E-state index contributed by atoms with van der Waals surface area (Å²) in [5.41, 5.74) is 1.09. The molecule has 0 spiro atoms. The van der Waals surface area contributed by atoms with E-state index in [2.05, 4.69) is 31.2 Å². The highest BCUT2D eigenvalue weighted by Crippen LogP contribution is 2.13. The molecular weight excluding hydrogens is 322 g/mol. The smallest absolute Gasteiger partial charge is 0.225 e. The minimum Gasteiger partial charge on any atom is -0.497 e. The number of ether oxygens (including phenoxy) is 1. The molecule has 0 fully saturated rings. The Bertz CT molecular complexity index is 570. The summed E-state index contributed by atoms with van der Waals surface area (Å²) < 4.78 is 5.72. The second kappa shape index (κ2) is 7.00. The zero-order chi connectivity index (χ0) is 14.4. The molecule has 0 aliphatic carbocycles. The van der Waals surface area contributed by atoms with Gasteiger partial charge in [0.05, 0.1) is 19.5 Å². The van der Waals surface area contributed by atoms with Crippen molar-refractivity contribution in [2.45, 2.75) is 12.8 Å². The van der Waals surface area contributed by atoms with Gasteiger partial charge >= 0.3 is 0 Å². The van der Waals surface area contributed by atoms with Crippen LogP contribution in [0.4, 0.5) is 5.82 Å². The van der Waals surface area contributed by atoms with Crippen LogP contribution >= 0.6 is 15.9 Å². The third-order valence-corrected chi connectivity index (χ3v) is 3.10. The number of hydrogen-bond acceptors (Lipinski definition) is 4. The largest absolute Gasteiger partial charge is 0.497 e. The summed E-state index contributed by atoms with van der Waals surface area (Å²) >= 11 is 3.19. The van der Waals surface area contributed by atoms with Gasteiger partial charge in [0.1, 0.15) is 10.4 Å². The summed E-state index contributed by atoms with van der Waals surface area (Å²) in [4.78, 5) is 19.8. The minimum absolute atomic E-state index is 0.0857. The number of benzene rings is 1. The van der Waals surface area contributed by atoms with Crippen LogP contribution in [0.1, 0.15) is 12.0 Å². The molecule has 1 N–H and O–H groups in total. The molecule has 1 amide bonds. The first-order valence-corrected chi connectivity index (χ1v) is 6.87. The number of anilines is 1. The van der Waals surface area contributed by atoms with Crippen molar-refractivity contribution in [2.24, 2.45) is 0 Å². The third kappa shape index (κ3) is 4.31. The second-order valence-corrected chi connectivity index (χ2v) is 4.93. The molecule has 0 atom stereocenters. The molecular formula is C14H14BrN3O2. The van der Waals surface area contributed by atoms with E-state index in [1.54, 1.807) is 13.3 Å². The number of halogens is 1. The van der Waals surface area contributed by atoms with Crippen molar-refractivity contribution in [1.29, 1.82) is 0 Å². The summed E-state index contributed by atoms with van der Waals surface area (Å²) in [6.45, 7) is 0. The highest BCUT2D eigenvalue weighted by Gasteiger charge is 2.04. The van der Waals surface area contributed by atoms with E-state index >= 15 is 0 Å². The first-order valence-electron chi connectivity index (χ1n) is 6.07. The average molecular weight is 336 g/mol. The molecule has 0 saturated heterocycles. The predicted octanol–water partition coefficient (Wildman–Crippen LogP) is 2.82. The molecule has 6 heteroatoms. The quantitative estimate of drug-likeness (QED) is 0.912. The Hall–Kier alpha value is -1.95. The standard InChI is InChI=1S/C14H14BrN3O2/c1-20-11-5-2-10(3-6-11)4-7-14(19)18-13-9-16-12(15)8-17-13/h2-3,5-6,8-9H,4,7H2,1H3,(H,17,18,19). The van der Waals surface area contributed by atoms with Crippen LogP contribution in [0.15, 0.2) is 41.3 Å². The van der Waals surface area contributed by atoms with Crippen molar-refractivity contribution in [3.63, 3.8) is 0 Å². The molecule has 1 aromatic heterocycles. The number of methoxy groups -OCH3 is 1. The lowest BCUT2D eigenvalue weighted by Gasteiger charge is -2.05. The SMILES string of the molecule is COc1ccc(CCC(=O)Nc2cnc(Br)cn2)cc1. The molecule has 104 valence electrons. The molecule has 1 aromatic carbocycles. The zero-order valence-electron chi connectivity index (χ0n) is 11.0. The lowest BCUT2D eigenvalue weighted by Crippen LogP contribution is -2.13. The van der Waals surface area contributed by atoms with E-state index in [-0.39, 0.29) is 5.91 Å². The van der Waals surface area contributed by atoms with Gasteiger partial charge in [0, 0.05) is 6.42 Å². The van der Waals surface area contributed by atoms with Gasteiger partial charge in [-0.3, -0.25) is 4.79 Å². The van der Waals surface area contributed by atoms with Crippen LogP contribution in [0.5, 0.6) is 5.75 Å². The Morgan fingerprint density at radius 3 is 2.60 bits per heavy atom. The van der Waals surface area contributed by atoms with E-state index in [4.69, 9.17) is 4.74 Å². The summed E-state index contributed by atoms with van der Waals surface area (Å²) in [5.74, 6) is 1.17. The van der Waals surface area contributed by atoms with Crippen LogP contribution in [-0.4, -0.2) is 23.0 Å². The van der Waals surface area contributed by atoms with Gasteiger partial charge in [0.15, 0.2) is 5.82 Å². The second-order valence-electron chi connectivity index (χ2n) is 4.12. The average Bonchev–Trinajstić information content (AvgIpc) is 2.48. The van der Waals surface area contributed by atoms with Gasteiger partial charge in [-0.05, 0) is 40.0 Å². The molecule has 1 heterocycles. The van der Waals surface area contributed by atoms with Gasteiger partial charge in [0.25, 0.3) is 0 Å². The van der Waals surface area contributed by atoms with Crippen molar-refractivity contribution >= 4 is 27.7 Å². The van der Waals surface area contributed by atoms with Gasteiger partial charge < -0.3 is 10.1 Å². The first kappa shape index (κ1) is 14.5. The van der Waals surface area contributed by atoms with Crippen molar-refractivity contribution in [1.82, 2.24) is 9.97 Å². The van der Waals surface area contributed by atoms with E-state index in [1.165, 1.54) is 6.20 Å². The number of nitrogens with one attached hydrogen (secondary N) is 1. The van der Waals surface area contributed by atoms with E-state index in [0.29, 0.717) is 23.3 Å². The molecule has 0 bridgehead atoms. The number of carbonyl (C=O) groups excluding carboxylic acids is 1. The van der Waals surface area contributed by atoms with Gasteiger partial charge in [-0.25, -0.2) is 9.97 Å². The van der Waals surface area contributed by atoms with Gasteiger partial charge in [-0.15, -0.1) is 0 Å². The summed E-state index contributed by atoms with van der Waals surface area (Å²) in [6.07, 6.45) is 4.11. The Morgan fingerprint density at radius 2 is 2.00 bits per heavy atom. The fraction of sp³-hybridized carbons (Fsp3) is 0.214. The normalized spacial score (nSPS) is 10.1. The summed E-state index contributed by atoms with van der Waals surface area (Å²) in [5, 5.41) is 2.70. The number of nitrogens with zero attached hydrogens (tertiary/aromatic N) is 2. The van der Waals surface area contributed by atoms with Crippen LogP contribution in [0, 0.1) is 0 Å². The van der Waals surface area contributed by atoms with Crippen molar-refractivity contribution in [2.75, 3.05) is 12.4 Å². The molecule has 0 saturated carbocycles. The lowest BCUT2D eigenvalue weighted by atomic mass is 10.1. The van der Waals surface area contributed by atoms with Crippen LogP contribution in [0.25, 0.3) is 0 Å². The van der Waals surface area contributed by atoms with E-state index in [9.17, 15) is 4.79 Å². The molecule has 0 unspecified atom stereocenters. The molecule has 0 aliphatic heterocycles. The third-order valence-electron chi connectivity index (χ3n) is 2.69. The Kier molecular flexibility index (Phi) is 5.06. The molecule has 20 heavy (non-hydrogen) atoms. The number of amides is 1. The van der Waals surface area contributed by atoms with E-state index < -0.39 is 0 Å². The van der Waals surface area contributed by atoms with Gasteiger partial charge in [0.2, 0.25) is 5.91 Å². The van der Waals surface area contributed by atoms with Crippen LogP contribution < -0.4 is 10.1 Å². The minimum atomic E-state index is -0.0857. The maximum atomic E-state index is 11.8. The zero-order valence-corrected chi connectivity index (χ0v) is 12.6. The Balaban J connectivity index is 1.83. The van der Waals surface area contributed by atoms with Crippen LogP contribution in [-0.2, 0) is 11.2 Å². The van der Waals surface area contributed by atoms with Crippen molar-refractivity contribution in [3.05, 3.63) is 46.8 Å². The van der Waals surface area contributed by atoms with Crippen molar-refractivity contribution < 1.29 is 9.53 Å². The topological polar surface area (TPSA) is 64.1 Å². The lowest BCUT2D eigenvalue weighted by molar-refractivity contribution is -0.116. The molecule has 0 radical (unpaired) electrons. The highest BCUT2D eigenvalue weighted by atomic mass is 79.9. The van der Waals surface area contributed by atoms with E-state index in [0.717, 1.165) is 11.3 Å². The molecule has 0 aliphatic rings. The molecule has 2 aromatic rings. The van der Waals surface area contributed by atoms with Crippen molar-refractivity contribution in [3.8, 4) is 5.75 Å². The van der Waals surface area contributed by atoms with E-state index in [1.807, 2.05) is 24.3 Å². The van der Waals surface area contributed by atoms with Crippen LogP contribution in [0.3, 0.4) is 0 Å². The fourth-order valence-electron chi connectivity index (χ4n) is 1.63. The number of carbonyl (C=O) groups is 1. The Labute approximate surface area is 125 Å². The maximum Gasteiger partial charge on any atom is 0.225 e. The number of rotatable bonds is 5. The monoisotopic (exact) mass is 335 g/mol. The predicted molar refractivity (Wildman–Crippen MR) is 79.7 cm³/mol. The van der Waals surface area contributed by atoms with Gasteiger partial charge in [-0.2, -0.15) is 0 Å². The molecule has 2 rings (SSSR count). The fourth-order valence-corrected chi connectivity index (χ4v) is 1.84. The van der Waals surface area contributed by atoms with Gasteiger partial charge in [-0.1, -0.05) is 12.1 Å². The highest BCUT2D eigenvalue weighted by molar-refractivity contribution is 9.10. The van der Waals surface area contributed by atoms with Crippen LogP contribution in [0.2, 0.25) is 0 Å². The molecule has 5 nitrogen and oxygen atoms in total. The number of aryl methyl sites for hydroxylation is 1. The number of hydrogen-bond donors (Lipinski definition) is 1. The first-order chi connectivity index (χ1) is 9.67. The number of aromatic nitrogens is 2. The maximum absolute atomic E-state index is 11.8. The summed E-state index contributed by atoms with van der Waals surface area (Å²) in [7, 11) is 1.63.